The number of nitrogens with zero attached hydrogens (tertiary/aromatic N) is 3. The Kier molecular flexibility index (Phi) is 8.70. The number of para-hydroxylation sites is 2. The van der Waals surface area contributed by atoms with Crippen molar-refractivity contribution in [2.75, 3.05) is 36.0 Å². The first-order chi connectivity index (χ1) is 21.4. The second kappa shape index (κ2) is 13.0. The summed E-state index contributed by atoms with van der Waals surface area (Å²) in [7, 11) is 0. The molecule has 1 fully saturated rings. The van der Waals surface area contributed by atoms with Gasteiger partial charge in [0.25, 0.3) is 5.91 Å². The van der Waals surface area contributed by atoms with E-state index < -0.39 is 0 Å². The van der Waals surface area contributed by atoms with Crippen molar-refractivity contribution < 1.29 is 28.3 Å². The molecule has 0 spiro atoms. The molecule has 2 aromatic carbocycles. The van der Waals surface area contributed by atoms with Gasteiger partial charge in [0, 0.05) is 55.9 Å². The highest BCUT2D eigenvalue weighted by atomic mass is 35.5. The van der Waals surface area contributed by atoms with Crippen LogP contribution in [0.25, 0.3) is 11.0 Å². The number of furan rings is 1. The maximum absolute atomic E-state index is 13.9. The molecule has 2 aromatic heterocycles. The van der Waals surface area contributed by atoms with E-state index in [1.165, 1.54) is 19.0 Å². The lowest BCUT2D eigenvalue weighted by atomic mass is 10.1. The number of hydrogen-bond acceptors (Lipinski definition) is 8. The van der Waals surface area contributed by atoms with Gasteiger partial charge in [0.05, 0.1) is 35.7 Å². The monoisotopic (exact) mass is 616 g/mol. The van der Waals surface area contributed by atoms with E-state index >= 15 is 0 Å². The lowest BCUT2D eigenvalue weighted by Gasteiger charge is -2.38. The van der Waals surface area contributed by atoms with Crippen LogP contribution in [0.5, 0.6) is 11.5 Å². The molecule has 1 N–H and O–H groups in total. The molecule has 44 heavy (non-hydrogen) atoms. The van der Waals surface area contributed by atoms with Crippen LogP contribution in [-0.2, 0) is 20.7 Å². The summed E-state index contributed by atoms with van der Waals surface area (Å²) < 4.78 is 16.9. The Bertz CT molecular complexity index is 1700. The Labute approximate surface area is 259 Å². The molecule has 2 aliphatic rings. The minimum absolute atomic E-state index is 0.121. The number of halogens is 1. The number of rotatable bonds is 11. The molecule has 0 saturated heterocycles. The molecule has 6 rings (SSSR count). The molecule has 1 aliphatic carbocycles. The van der Waals surface area contributed by atoms with Crippen LogP contribution >= 0.6 is 11.6 Å². The molecule has 1 aliphatic heterocycles. The van der Waals surface area contributed by atoms with Gasteiger partial charge in [0.15, 0.2) is 0 Å². The molecular weight excluding hydrogens is 584 g/mol. The SMILES string of the molecule is CCOC(=O)CCNC(=O)CCc1coc2cc(Cl)c(Oc3ccncc3C(=O)N3CCN(C4CC4)c4ccccc43)cc12. The Morgan fingerprint density at radius 1 is 1.07 bits per heavy atom. The second-order valence-electron chi connectivity index (χ2n) is 10.8. The molecule has 0 radical (unpaired) electrons. The number of carbonyl (C=O) groups excluding carboxylic acids is 3. The molecule has 10 nitrogen and oxygen atoms in total. The van der Waals surface area contributed by atoms with Crippen LogP contribution in [0.4, 0.5) is 11.4 Å². The number of benzene rings is 2. The largest absolute Gasteiger partial charge is 0.466 e. The Morgan fingerprint density at radius 2 is 1.89 bits per heavy atom. The number of fused-ring (bicyclic) bond motifs is 2. The highest BCUT2D eigenvalue weighted by molar-refractivity contribution is 6.32. The third-order valence-electron chi connectivity index (χ3n) is 7.80. The number of hydrogen-bond donors (Lipinski definition) is 1. The topological polar surface area (TPSA) is 114 Å². The summed E-state index contributed by atoms with van der Waals surface area (Å²) in [6.45, 7) is 3.58. The van der Waals surface area contributed by atoms with Gasteiger partial charge in [-0.15, -0.1) is 0 Å². The highest BCUT2D eigenvalue weighted by Crippen LogP contribution is 2.41. The van der Waals surface area contributed by atoms with Gasteiger partial charge in [-0.25, -0.2) is 0 Å². The minimum atomic E-state index is -0.349. The van der Waals surface area contributed by atoms with Crippen LogP contribution < -0.4 is 19.9 Å². The number of esters is 1. The number of amides is 2. The molecule has 228 valence electrons. The van der Waals surface area contributed by atoms with Gasteiger partial charge in [0.2, 0.25) is 5.91 Å². The third kappa shape index (κ3) is 6.35. The normalized spacial score (nSPS) is 14.3. The van der Waals surface area contributed by atoms with E-state index in [1.54, 1.807) is 42.5 Å². The fourth-order valence-corrected chi connectivity index (χ4v) is 5.67. The Hall–Kier alpha value is -4.57. The maximum Gasteiger partial charge on any atom is 0.307 e. The first-order valence-electron chi connectivity index (χ1n) is 14.8. The van der Waals surface area contributed by atoms with Crippen molar-refractivity contribution in [1.82, 2.24) is 10.3 Å². The molecule has 3 heterocycles. The number of anilines is 2. The summed E-state index contributed by atoms with van der Waals surface area (Å²) in [6.07, 6.45) is 7.77. The first-order valence-corrected chi connectivity index (χ1v) is 15.2. The standard InChI is InChI=1S/C33H33ClN4O6/c1-2-42-32(40)12-14-36-31(39)10-7-21-20-43-29-18-25(34)30(17-23(21)29)44-28-11-13-35-19-24(28)33(41)38-16-15-37(22-8-9-22)26-5-3-4-6-27(26)38/h3-6,11,13,17-20,22H,2,7-10,12,14-16H2,1H3,(H,36,39). The van der Waals surface area contributed by atoms with Crippen molar-refractivity contribution in [2.45, 2.75) is 45.1 Å². The van der Waals surface area contributed by atoms with Gasteiger partial charge in [0.1, 0.15) is 22.6 Å². The number of nitrogens with one attached hydrogen (secondary N) is 1. The molecule has 0 atom stereocenters. The predicted octanol–water partition coefficient (Wildman–Crippen LogP) is 5.90. The second-order valence-corrected chi connectivity index (χ2v) is 11.2. The van der Waals surface area contributed by atoms with E-state index in [9.17, 15) is 14.4 Å². The van der Waals surface area contributed by atoms with Crippen LogP contribution in [0, 0.1) is 0 Å². The average molecular weight is 617 g/mol. The van der Waals surface area contributed by atoms with Gasteiger partial charge < -0.3 is 29.0 Å². The molecule has 1 saturated carbocycles. The van der Waals surface area contributed by atoms with E-state index in [2.05, 4.69) is 21.3 Å². The van der Waals surface area contributed by atoms with E-state index in [1.807, 2.05) is 18.2 Å². The van der Waals surface area contributed by atoms with Gasteiger partial charge >= 0.3 is 5.97 Å². The summed E-state index contributed by atoms with van der Waals surface area (Å²) in [5.74, 6) is -0.0583. The molecule has 0 unspecified atom stereocenters. The number of ether oxygens (including phenoxy) is 2. The lowest BCUT2D eigenvalue weighted by Crippen LogP contribution is -2.45. The van der Waals surface area contributed by atoms with Crippen molar-refractivity contribution in [2.24, 2.45) is 0 Å². The first kappa shape index (κ1) is 29.5. The van der Waals surface area contributed by atoms with E-state index in [-0.39, 0.29) is 37.2 Å². The third-order valence-corrected chi connectivity index (χ3v) is 8.09. The van der Waals surface area contributed by atoms with Gasteiger partial charge in [-0.1, -0.05) is 23.7 Å². The van der Waals surface area contributed by atoms with Gasteiger partial charge in [-0.05, 0) is 56.0 Å². The summed E-state index contributed by atoms with van der Waals surface area (Å²) in [5.41, 5.74) is 3.62. The zero-order valence-corrected chi connectivity index (χ0v) is 25.1. The van der Waals surface area contributed by atoms with Crippen LogP contribution in [0.1, 0.15) is 48.5 Å². The number of aromatic nitrogens is 1. The van der Waals surface area contributed by atoms with E-state index in [0.717, 1.165) is 28.9 Å². The van der Waals surface area contributed by atoms with Crippen molar-refractivity contribution in [1.29, 1.82) is 0 Å². The van der Waals surface area contributed by atoms with Gasteiger partial charge in [-0.3, -0.25) is 19.4 Å². The minimum Gasteiger partial charge on any atom is -0.466 e. The quantitative estimate of drug-likeness (QED) is 0.207. The van der Waals surface area contributed by atoms with Crippen molar-refractivity contribution >= 4 is 51.7 Å². The Morgan fingerprint density at radius 3 is 2.68 bits per heavy atom. The Balaban J connectivity index is 1.18. The zero-order valence-electron chi connectivity index (χ0n) is 24.4. The van der Waals surface area contributed by atoms with Gasteiger partial charge in [-0.2, -0.15) is 0 Å². The van der Waals surface area contributed by atoms with Crippen LogP contribution in [0.2, 0.25) is 5.02 Å². The van der Waals surface area contributed by atoms with Crippen LogP contribution in [-0.4, -0.2) is 55.1 Å². The fraction of sp³-hybridized carbons (Fsp3) is 0.333. The molecule has 2 amide bonds. The van der Waals surface area contributed by atoms with Crippen molar-refractivity contribution in [3.8, 4) is 11.5 Å². The summed E-state index contributed by atoms with van der Waals surface area (Å²) in [4.78, 5) is 46.2. The summed E-state index contributed by atoms with van der Waals surface area (Å²) in [6, 6.07) is 13.6. The van der Waals surface area contributed by atoms with Crippen molar-refractivity contribution in [3.05, 3.63) is 77.3 Å². The smallest absolute Gasteiger partial charge is 0.307 e. The lowest BCUT2D eigenvalue weighted by molar-refractivity contribution is -0.143. The zero-order chi connectivity index (χ0) is 30.6. The number of carbonyl (C=O) groups is 3. The molecular formula is C33H33ClN4O6. The highest BCUT2D eigenvalue weighted by Gasteiger charge is 2.36. The van der Waals surface area contributed by atoms with Crippen LogP contribution in [0.3, 0.4) is 0 Å². The number of aryl methyl sites for hydroxylation is 1. The van der Waals surface area contributed by atoms with E-state index in [0.29, 0.717) is 53.3 Å². The fourth-order valence-electron chi connectivity index (χ4n) is 5.48. The van der Waals surface area contributed by atoms with Crippen LogP contribution in [0.15, 0.2) is 65.5 Å². The van der Waals surface area contributed by atoms with Crippen molar-refractivity contribution in [3.63, 3.8) is 0 Å². The summed E-state index contributed by atoms with van der Waals surface area (Å²) in [5, 5.41) is 3.80. The number of pyridine rings is 1. The maximum atomic E-state index is 13.9. The average Bonchev–Trinajstić information content (AvgIpc) is 3.80. The molecule has 11 heteroatoms. The molecule has 0 bridgehead atoms. The summed E-state index contributed by atoms with van der Waals surface area (Å²) >= 11 is 6.59. The van der Waals surface area contributed by atoms with E-state index in [4.69, 9.17) is 25.5 Å². The predicted molar refractivity (Wildman–Crippen MR) is 167 cm³/mol. The molecule has 4 aromatic rings.